The van der Waals surface area contributed by atoms with Crippen LogP contribution in [0.4, 0.5) is 5.69 Å². The monoisotopic (exact) mass is 383 g/mol. The van der Waals surface area contributed by atoms with Crippen LogP contribution in [-0.4, -0.2) is 20.2 Å². The molecule has 0 heterocycles. The fraction of sp³-hybridized carbons (Fsp3) is 0.318. The third-order valence-corrected chi connectivity index (χ3v) is 4.51. The van der Waals surface area contributed by atoms with E-state index in [1.54, 1.807) is 30.3 Å². The topological polar surface area (TPSA) is 104 Å². The molecule has 0 saturated carbocycles. The molecule has 3 N–H and O–H groups in total. The van der Waals surface area contributed by atoms with Crippen molar-refractivity contribution in [1.29, 1.82) is 0 Å². The number of phenols is 1. The van der Waals surface area contributed by atoms with Crippen LogP contribution in [0.3, 0.4) is 0 Å². The minimum absolute atomic E-state index is 0.0151. The van der Waals surface area contributed by atoms with Crippen LogP contribution < -0.4 is 0 Å². The molecule has 28 heavy (non-hydrogen) atoms. The lowest BCUT2D eigenvalue weighted by molar-refractivity contribution is -0.384. The lowest BCUT2D eigenvalue weighted by Gasteiger charge is -2.15. The number of nitrogens with zero attached hydrogens (tertiary/aromatic N) is 1. The van der Waals surface area contributed by atoms with Crippen molar-refractivity contribution in [2.75, 3.05) is 0 Å². The number of aliphatic hydroxyl groups is 2. The van der Waals surface area contributed by atoms with Crippen LogP contribution in [0.2, 0.25) is 0 Å². The molecular formula is C22H25NO5. The highest BCUT2D eigenvalue weighted by Gasteiger charge is 2.14. The number of nitro groups is 1. The minimum atomic E-state index is -0.791. The normalized spacial score (nSPS) is 12.9. The molecule has 0 saturated heterocycles. The Labute approximate surface area is 164 Å². The summed E-state index contributed by atoms with van der Waals surface area (Å²) in [6, 6.07) is 12.2. The Kier molecular flexibility index (Phi) is 7.52. The summed E-state index contributed by atoms with van der Waals surface area (Å²) in [5, 5.41) is 40.7. The average molecular weight is 383 g/mol. The van der Waals surface area contributed by atoms with Gasteiger partial charge in [-0.3, -0.25) is 10.1 Å². The van der Waals surface area contributed by atoms with E-state index in [4.69, 9.17) is 0 Å². The van der Waals surface area contributed by atoms with Gasteiger partial charge in [-0.1, -0.05) is 26.0 Å². The summed E-state index contributed by atoms with van der Waals surface area (Å²) in [6.45, 7) is 3.99. The van der Waals surface area contributed by atoms with Crippen LogP contribution in [0, 0.1) is 16.0 Å². The molecule has 0 radical (unpaired) electrons. The summed E-state index contributed by atoms with van der Waals surface area (Å²) in [4.78, 5) is 10.3. The maximum absolute atomic E-state index is 10.7. The van der Waals surface area contributed by atoms with Gasteiger partial charge in [0.1, 0.15) is 5.75 Å². The van der Waals surface area contributed by atoms with Crippen LogP contribution >= 0.6 is 0 Å². The number of hydrogen-bond acceptors (Lipinski definition) is 5. The molecule has 0 amide bonds. The average Bonchev–Trinajstić information content (AvgIpc) is 2.67. The van der Waals surface area contributed by atoms with Crippen molar-refractivity contribution in [2.45, 2.75) is 38.9 Å². The molecule has 0 aromatic heterocycles. The van der Waals surface area contributed by atoms with Gasteiger partial charge in [-0.2, -0.15) is 0 Å². The number of nitro benzene ring substituents is 1. The van der Waals surface area contributed by atoms with Crippen molar-refractivity contribution in [2.24, 2.45) is 5.92 Å². The third kappa shape index (κ3) is 6.06. The fourth-order valence-electron chi connectivity index (χ4n) is 2.74. The van der Waals surface area contributed by atoms with Gasteiger partial charge in [-0.15, -0.1) is 5.73 Å². The first-order chi connectivity index (χ1) is 13.3. The summed E-state index contributed by atoms with van der Waals surface area (Å²) in [5.74, 6) is 0.295. The van der Waals surface area contributed by atoms with Gasteiger partial charge in [-0.05, 0) is 53.0 Å². The van der Waals surface area contributed by atoms with Gasteiger partial charge >= 0.3 is 0 Å². The summed E-state index contributed by atoms with van der Waals surface area (Å²) in [7, 11) is 0. The highest BCUT2D eigenvalue weighted by Crippen LogP contribution is 2.26. The first kappa shape index (κ1) is 21.4. The standard InChI is InChI=1S/C22H25NO5/c1-15(2)18(4-3-5-21(25)16-8-12-20(24)13-9-16)14-22(26)17-6-10-19(11-7-17)23(27)28/h3,6-13,15,21-22,24-26H,5,14H2,1-2H3/t4?,21-,22-/m1/s1. The number of aliphatic hydroxyl groups excluding tert-OH is 2. The van der Waals surface area contributed by atoms with Crippen molar-refractivity contribution < 1.29 is 20.2 Å². The van der Waals surface area contributed by atoms with Gasteiger partial charge in [0.15, 0.2) is 0 Å². The summed E-state index contributed by atoms with van der Waals surface area (Å²) in [6.07, 6.45) is 0.952. The Morgan fingerprint density at radius 3 is 2.11 bits per heavy atom. The first-order valence-corrected chi connectivity index (χ1v) is 9.11. The van der Waals surface area contributed by atoms with Crippen LogP contribution in [-0.2, 0) is 0 Å². The molecule has 2 aromatic rings. The van der Waals surface area contributed by atoms with Crippen molar-refractivity contribution in [3.63, 3.8) is 0 Å². The zero-order chi connectivity index (χ0) is 20.7. The second kappa shape index (κ2) is 9.85. The van der Waals surface area contributed by atoms with Crippen molar-refractivity contribution in [3.05, 3.63) is 87.2 Å². The van der Waals surface area contributed by atoms with E-state index in [1.807, 2.05) is 13.8 Å². The zero-order valence-corrected chi connectivity index (χ0v) is 15.9. The van der Waals surface area contributed by atoms with E-state index >= 15 is 0 Å². The van der Waals surface area contributed by atoms with Crippen molar-refractivity contribution in [3.8, 4) is 5.75 Å². The maximum atomic E-state index is 10.7. The van der Waals surface area contributed by atoms with Crippen LogP contribution in [0.5, 0.6) is 5.75 Å². The maximum Gasteiger partial charge on any atom is 0.269 e. The summed E-state index contributed by atoms with van der Waals surface area (Å²) in [5.41, 5.74) is 5.36. The molecule has 0 bridgehead atoms. The Morgan fingerprint density at radius 2 is 1.57 bits per heavy atom. The van der Waals surface area contributed by atoms with Gasteiger partial charge in [0.25, 0.3) is 5.69 Å². The molecule has 2 atom stereocenters. The molecular weight excluding hydrogens is 358 g/mol. The number of hydrogen-bond donors (Lipinski definition) is 3. The van der Waals surface area contributed by atoms with E-state index in [0.29, 0.717) is 24.0 Å². The molecule has 0 aliphatic heterocycles. The number of benzene rings is 2. The van der Waals surface area contributed by atoms with E-state index in [-0.39, 0.29) is 17.4 Å². The van der Waals surface area contributed by atoms with Crippen LogP contribution in [0.1, 0.15) is 50.0 Å². The quantitative estimate of drug-likeness (QED) is 0.351. The predicted molar refractivity (Wildman–Crippen MR) is 107 cm³/mol. The van der Waals surface area contributed by atoms with E-state index < -0.39 is 17.1 Å². The molecule has 2 aromatic carbocycles. The smallest absolute Gasteiger partial charge is 0.269 e. The molecule has 0 aliphatic carbocycles. The van der Waals surface area contributed by atoms with Gasteiger partial charge < -0.3 is 15.3 Å². The predicted octanol–water partition coefficient (Wildman–Crippen LogP) is 4.59. The molecule has 148 valence electrons. The lowest BCUT2D eigenvalue weighted by atomic mass is 9.94. The fourth-order valence-corrected chi connectivity index (χ4v) is 2.74. The molecule has 0 unspecified atom stereocenters. The first-order valence-electron chi connectivity index (χ1n) is 9.11. The van der Waals surface area contributed by atoms with E-state index in [9.17, 15) is 25.4 Å². The SMILES string of the molecule is CC(C)C(=C=CC[C@@H](O)c1ccc(O)cc1)C[C@@H](O)c1ccc([N+](=O)[O-])cc1. The Morgan fingerprint density at radius 1 is 1.04 bits per heavy atom. The summed E-state index contributed by atoms with van der Waals surface area (Å²) >= 11 is 0. The molecule has 0 spiro atoms. The zero-order valence-electron chi connectivity index (χ0n) is 15.9. The van der Waals surface area contributed by atoms with Crippen molar-refractivity contribution >= 4 is 5.69 Å². The molecule has 6 nitrogen and oxygen atoms in total. The minimum Gasteiger partial charge on any atom is -0.508 e. The second-order valence-electron chi connectivity index (χ2n) is 6.94. The van der Waals surface area contributed by atoms with Crippen LogP contribution in [0.15, 0.2) is 65.9 Å². The third-order valence-electron chi connectivity index (χ3n) is 4.51. The Hall–Kier alpha value is -2.92. The second-order valence-corrected chi connectivity index (χ2v) is 6.94. The Bertz CT molecular complexity index is 850. The number of non-ortho nitro benzene ring substituents is 1. The number of rotatable bonds is 8. The highest BCUT2D eigenvalue weighted by atomic mass is 16.6. The lowest BCUT2D eigenvalue weighted by Crippen LogP contribution is -2.03. The summed E-state index contributed by atoms with van der Waals surface area (Å²) < 4.78 is 0. The van der Waals surface area contributed by atoms with E-state index in [1.165, 1.54) is 24.3 Å². The molecule has 6 heteroatoms. The van der Waals surface area contributed by atoms with Crippen molar-refractivity contribution in [1.82, 2.24) is 0 Å². The van der Waals surface area contributed by atoms with E-state index in [0.717, 1.165) is 5.57 Å². The molecule has 2 rings (SSSR count). The Balaban J connectivity index is 2.07. The number of phenolic OH excluding ortho intramolecular Hbond substituents is 1. The largest absolute Gasteiger partial charge is 0.508 e. The van der Waals surface area contributed by atoms with E-state index in [2.05, 4.69) is 5.73 Å². The van der Waals surface area contributed by atoms with Crippen LogP contribution in [0.25, 0.3) is 0 Å². The van der Waals surface area contributed by atoms with Gasteiger partial charge in [0.2, 0.25) is 0 Å². The van der Waals surface area contributed by atoms with Gasteiger partial charge in [0.05, 0.1) is 17.1 Å². The van der Waals surface area contributed by atoms with Gasteiger partial charge in [-0.25, -0.2) is 0 Å². The number of aromatic hydroxyl groups is 1. The molecule has 0 aliphatic rings. The molecule has 0 fully saturated rings. The highest BCUT2D eigenvalue weighted by molar-refractivity contribution is 5.34. The van der Waals surface area contributed by atoms with Gasteiger partial charge in [0, 0.05) is 25.0 Å².